The molecule has 0 saturated carbocycles. The second-order valence-corrected chi connectivity index (χ2v) is 6.78. The van der Waals surface area contributed by atoms with Gasteiger partial charge in [0, 0.05) is 29.4 Å². The monoisotopic (exact) mass is 368 g/mol. The quantitative estimate of drug-likeness (QED) is 0.658. The van der Waals surface area contributed by atoms with Gasteiger partial charge in [0.25, 0.3) is 0 Å². The number of rotatable bonds is 2. The summed E-state index contributed by atoms with van der Waals surface area (Å²) in [4.78, 5) is 10.0. The summed E-state index contributed by atoms with van der Waals surface area (Å²) < 4.78 is 0. The van der Waals surface area contributed by atoms with Gasteiger partial charge in [-0.25, -0.2) is 4.98 Å². The molecule has 6 heteroatoms. The number of fused-ring (bicyclic) bond motifs is 1. The molecule has 4 nitrogen and oxygen atoms in total. The third-order valence-electron chi connectivity index (χ3n) is 4.40. The van der Waals surface area contributed by atoms with Crippen LogP contribution < -0.4 is 5.32 Å². The van der Waals surface area contributed by atoms with Gasteiger partial charge in [-0.1, -0.05) is 41.9 Å². The summed E-state index contributed by atoms with van der Waals surface area (Å²) in [5.41, 5.74) is 4.32. The highest BCUT2D eigenvalue weighted by Gasteiger charge is 2.32. The zero-order valence-electron chi connectivity index (χ0n) is 13.4. The summed E-state index contributed by atoms with van der Waals surface area (Å²) in [7, 11) is 0. The van der Waals surface area contributed by atoms with Crippen LogP contribution in [0.4, 0.5) is 5.69 Å². The Balaban J connectivity index is 1.65. The average molecular weight is 369 g/mol. The smallest absolute Gasteiger partial charge is 0.174 e. The molecule has 0 aliphatic carbocycles. The zero-order chi connectivity index (χ0) is 17.2. The van der Waals surface area contributed by atoms with Crippen molar-refractivity contribution in [3.8, 4) is 0 Å². The number of hydrogen-bond acceptors (Lipinski definition) is 2. The molecule has 4 rings (SSSR count). The van der Waals surface area contributed by atoms with Crippen LogP contribution in [0.2, 0.25) is 5.02 Å². The number of H-pyrrole nitrogens is 1. The Hall–Kier alpha value is -2.37. The van der Waals surface area contributed by atoms with Crippen LogP contribution in [0, 0.1) is 0 Å². The van der Waals surface area contributed by atoms with Gasteiger partial charge in [-0.15, -0.1) is 0 Å². The fraction of sp³-hybridized carbons (Fsp3) is 0.158. The van der Waals surface area contributed by atoms with Gasteiger partial charge in [-0.2, -0.15) is 0 Å². The molecule has 1 aliphatic rings. The third kappa shape index (κ3) is 3.25. The first-order chi connectivity index (χ1) is 12.2. The number of imidazole rings is 1. The molecule has 2 N–H and O–H groups in total. The molecule has 0 radical (unpaired) electrons. The SMILES string of the molecule is S=C(Nc1ccc(Cl)cc1)N1CCc2[nH]cnc2[C@H]1c1ccccc1. The molecule has 0 unspecified atom stereocenters. The molecule has 1 aromatic heterocycles. The molecule has 126 valence electrons. The normalized spacial score (nSPS) is 16.4. The Morgan fingerprint density at radius 2 is 1.92 bits per heavy atom. The number of anilines is 1. The van der Waals surface area contributed by atoms with Crippen molar-refractivity contribution >= 4 is 34.6 Å². The van der Waals surface area contributed by atoms with E-state index in [0.29, 0.717) is 10.1 Å². The molecule has 0 bridgehead atoms. The first kappa shape index (κ1) is 16.1. The van der Waals surface area contributed by atoms with E-state index in [4.69, 9.17) is 23.8 Å². The number of nitrogens with zero attached hydrogens (tertiary/aromatic N) is 2. The van der Waals surface area contributed by atoms with Gasteiger partial charge in [0.2, 0.25) is 0 Å². The van der Waals surface area contributed by atoms with Crippen molar-refractivity contribution in [3.05, 3.63) is 82.9 Å². The van der Waals surface area contributed by atoms with Crippen LogP contribution >= 0.6 is 23.8 Å². The van der Waals surface area contributed by atoms with Crippen LogP contribution in [0.5, 0.6) is 0 Å². The van der Waals surface area contributed by atoms with Gasteiger partial charge in [-0.3, -0.25) is 0 Å². The summed E-state index contributed by atoms with van der Waals surface area (Å²) in [5, 5.41) is 4.71. The molecule has 25 heavy (non-hydrogen) atoms. The second-order valence-electron chi connectivity index (χ2n) is 5.96. The molecule has 1 aliphatic heterocycles. The maximum absolute atomic E-state index is 5.96. The lowest BCUT2D eigenvalue weighted by Crippen LogP contribution is -2.42. The number of halogens is 1. The number of aromatic nitrogens is 2. The lowest BCUT2D eigenvalue weighted by molar-refractivity contribution is 0.336. The molecule has 0 fully saturated rings. The van der Waals surface area contributed by atoms with Crippen molar-refractivity contribution in [2.24, 2.45) is 0 Å². The predicted octanol–water partition coefficient (Wildman–Crippen LogP) is 4.41. The standard InChI is InChI=1S/C19H17ClN4S/c20-14-6-8-15(9-7-14)23-19(25)24-11-10-16-17(22-12-21-16)18(24)13-4-2-1-3-5-13/h1-9,12,18H,10-11H2,(H,21,22)(H,23,25)/t18-/m1/s1. The highest BCUT2D eigenvalue weighted by molar-refractivity contribution is 7.80. The van der Waals surface area contributed by atoms with Crippen LogP contribution in [0.25, 0.3) is 0 Å². The Morgan fingerprint density at radius 3 is 2.68 bits per heavy atom. The lowest BCUT2D eigenvalue weighted by atomic mass is 9.96. The highest BCUT2D eigenvalue weighted by atomic mass is 35.5. The highest BCUT2D eigenvalue weighted by Crippen LogP contribution is 2.33. The molecular weight excluding hydrogens is 352 g/mol. The number of aromatic amines is 1. The van der Waals surface area contributed by atoms with E-state index >= 15 is 0 Å². The molecular formula is C19H17ClN4S. The minimum Gasteiger partial charge on any atom is -0.348 e. The van der Waals surface area contributed by atoms with E-state index in [9.17, 15) is 0 Å². The third-order valence-corrected chi connectivity index (χ3v) is 4.99. The Morgan fingerprint density at radius 1 is 1.16 bits per heavy atom. The van der Waals surface area contributed by atoms with E-state index in [-0.39, 0.29) is 6.04 Å². The molecule has 2 heterocycles. The van der Waals surface area contributed by atoms with Crippen LogP contribution in [-0.2, 0) is 6.42 Å². The van der Waals surface area contributed by atoms with Crippen LogP contribution in [0.3, 0.4) is 0 Å². The van der Waals surface area contributed by atoms with E-state index in [1.165, 1.54) is 11.3 Å². The summed E-state index contributed by atoms with van der Waals surface area (Å²) in [5.74, 6) is 0. The summed E-state index contributed by atoms with van der Waals surface area (Å²) in [6, 6.07) is 17.9. The van der Waals surface area contributed by atoms with Crippen molar-refractivity contribution < 1.29 is 0 Å². The molecule has 0 amide bonds. The minimum atomic E-state index is 0.00324. The van der Waals surface area contributed by atoms with Crippen molar-refractivity contribution in [3.63, 3.8) is 0 Å². The van der Waals surface area contributed by atoms with Crippen LogP contribution in [-0.4, -0.2) is 26.5 Å². The Bertz CT molecular complexity index is 876. The van der Waals surface area contributed by atoms with Crippen molar-refractivity contribution in [2.45, 2.75) is 12.5 Å². The van der Waals surface area contributed by atoms with Gasteiger partial charge in [0.15, 0.2) is 5.11 Å². The van der Waals surface area contributed by atoms with E-state index < -0.39 is 0 Å². The van der Waals surface area contributed by atoms with Crippen molar-refractivity contribution in [1.82, 2.24) is 14.9 Å². The minimum absolute atomic E-state index is 0.00324. The van der Waals surface area contributed by atoms with Gasteiger partial charge in [0.1, 0.15) is 6.04 Å². The largest absolute Gasteiger partial charge is 0.348 e. The van der Waals surface area contributed by atoms with Crippen LogP contribution in [0.15, 0.2) is 60.9 Å². The zero-order valence-corrected chi connectivity index (χ0v) is 15.0. The van der Waals surface area contributed by atoms with Gasteiger partial charge < -0.3 is 15.2 Å². The summed E-state index contributed by atoms with van der Waals surface area (Å²) in [6.07, 6.45) is 2.65. The first-order valence-corrected chi connectivity index (χ1v) is 8.91. The Labute approximate surface area is 156 Å². The fourth-order valence-corrected chi connectivity index (χ4v) is 3.64. The van der Waals surface area contributed by atoms with Gasteiger partial charge in [0.05, 0.1) is 12.0 Å². The first-order valence-electron chi connectivity index (χ1n) is 8.12. The number of benzene rings is 2. The summed E-state index contributed by atoms with van der Waals surface area (Å²) in [6.45, 7) is 0.828. The van der Waals surface area contributed by atoms with Crippen LogP contribution in [0.1, 0.15) is 23.0 Å². The number of hydrogen-bond donors (Lipinski definition) is 2. The molecule has 2 aromatic carbocycles. The molecule has 1 atom stereocenters. The maximum Gasteiger partial charge on any atom is 0.174 e. The molecule has 3 aromatic rings. The van der Waals surface area contributed by atoms with E-state index in [1.807, 2.05) is 42.5 Å². The topological polar surface area (TPSA) is 44.0 Å². The van der Waals surface area contributed by atoms with E-state index in [2.05, 4.69) is 32.3 Å². The summed E-state index contributed by atoms with van der Waals surface area (Å²) >= 11 is 11.7. The van der Waals surface area contributed by atoms with Crippen molar-refractivity contribution in [1.29, 1.82) is 0 Å². The number of thiocarbonyl (C=S) groups is 1. The fourth-order valence-electron chi connectivity index (χ4n) is 3.20. The lowest BCUT2D eigenvalue weighted by Gasteiger charge is -2.37. The van der Waals surface area contributed by atoms with Crippen molar-refractivity contribution in [2.75, 3.05) is 11.9 Å². The predicted molar refractivity (Wildman–Crippen MR) is 105 cm³/mol. The van der Waals surface area contributed by atoms with Gasteiger partial charge >= 0.3 is 0 Å². The van der Waals surface area contributed by atoms with Gasteiger partial charge in [-0.05, 0) is 42.0 Å². The van der Waals surface area contributed by atoms with E-state index in [0.717, 1.165) is 24.3 Å². The second kappa shape index (κ2) is 6.86. The average Bonchev–Trinajstić information content (AvgIpc) is 3.12. The van der Waals surface area contributed by atoms with E-state index in [1.54, 1.807) is 6.33 Å². The molecule has 0 spiro atoms. The molecule has 0 saturated heterocycles. The number of nitrogens with one attached hydrogen (secondary N) is 2. The maximum atomic E-state index is 5.96. The Kier molecular flexibility index (Phi) is 4.42.